The summed E-state index contributed by atoms with van der Waals surface area (Å²) < 4.78 is 11.3. The fraction of sp³-hybridized carbons (Fsp3) is 0.281. The van der Waals surface area contributed by atoms with Gasteiger partial charge in [0, 0.05) is 5.56 Å². The number of aromatic amines is 1. The van der Waals surface area contributed by atoms with Crippen molar-refractivity contribution in [2.24, 2.45) is 0 Å². The van der Waals surface area contributed by atoms with E-state index < -0.39 is 17.7 Å². The van der Waals surface area contributed by atoms with Gasteiger partial charge in [-0.1, -0.05) is 32.0 Å². The average Bonchev–Trinajstić information content (AvgIpc) is 3.45. The summed E-state index contributed by atoms with van der Waals surface area (Å²) in [4.78, 5) is 36.4. The Balaban J connectivity index is 1.70. The van der Waals surface area contributed by atoms with Crippen molar-refractivity contribution in [1.82, 2.24) is 9.97 Å². The van der Waals surface area contributed by atoms with Crippen LogP contribution in [0.5, 0.6) is 11.5 Å². The van der Waals surface area contributed by atoms with Crippen molar-refractivity contribution in [2.45, 2.75) is 52.7 Å². The first-order valence-corrected chi connectivity index (χ1v) is 13.3. The van der Waals surface area contributed by atoms with Crippen LogP contribution in [0.1, 0.15) is 61.9 Å². The minimum absolute atomic E-state index is 0.0132. The number of aryl methyl sites for hydroxylation is 1. The van der Waals surface area contributed by atoms with E-state index in [1.165, 1.54) is 4.90 Å². The van der Waals surface area contributed by atoms with Gasteiger partial charge in [-0.25, -0.2) is 4.98 Å². The molecule has 1 amide bonds. The number of ketones is 1. The summed E-state index contributed by atoms with van der Waals surface area (Å²) in [7, 11) is 1.59. The average molecular weight is 540 g/mol. The predicted octanol–water partition coefficient (Wildman–Crippen LogP) is 6.42. The number of carbonyl (C=O) groups excluding carboxylic acids is 2. The summed E-state index contributed by atoms with van der Waals surface area (Å²) >= 11 is 0. The Labute approximate surface area is 233 Å². The van der Waals surface area contributed by atoms with E-state index in [0.29, 0.717) is 28.1 Å². The van der Waals surface area contributed by atoms with Crippen molar-refractivity contribution in [1.29, 1.82) is 0 Å². The van der Waals surface area contributed by atoms with E-state index in [2.05, 4.69) is 9.97 Å². The summed E-state index contributed by atoms with van der Waals surface area (Å²) in [6, 6.07) is 17.2. The number of rotatable bonds is 7. The monoisotopic (exact) mass is 539 g/mol. The van der Waals surface area contributed by atoms with Crippen LogP contribution in [0.4, 0.5) is 5.95 Å². The molecular weight excluding hydrogens is 506 g/mol. The molecule has 1 aliphatic rings. The van der Waals surface area contributed by atoms with Crippen LogP contribution < -0.4 is 14.4 Å². The van der Waals surface area contributed by atoms with Gasteiger partial charge >= 0.3 is 5.91 Å². The second-order valence-corrected chi connectivity index (χ2v) is 10.6. The van der Waals surface area contributed by atoms with Crippen LogP contribution >= 0.6 is 0 Å². The normalized spacial score (nSPS) is 16.9. The molecule has 1 aliphatic heterocycles. The Morgan fingerprint density at radius 2 is 1.73 bits per heavy atom. The number of aliphatic hydroxyl groups is 1. The van der Waals surface area contributed by atoms with E-state index in [9.17, 15) is 14.7 Å². The Bertz CT molecular complexity index is 1630. The number of ether oxygens (including phenoxy) is 2. The zero-order valence-electron chi connectivity index (χ0n) is 23.5. The summed E-state index contributed by atoms with van der Waals surface area (Å²) in [5.41, 5.74) is 4.35. The molecule has 3 aromatic carbocycles. The molecule has 206 valence electrons. The zero-order valence-corrected chi connectivity index (χ0v) is 23.5. The van der Waals surface area contributed by atoms with E-state index >= 15 is 0 Å². The number of amides is 1. The zero-order chi connectivity index (χ0) is 28.7. The van der Waals surface area contributed by atoms with Gasteiger partial charge in [0.05, 0.1) is 35.9 Å². The molecule has 1 aromatic heterocycles. The molecule has 8 nitrogen and oxygen atoms in total. The highest BCUT2D eigenvalue weighted by Crippen LogP contribution is 2.43. The number of fused-ring (bicyclic) bond motifs is 1. The molecular formula is C32H33N3O5. The molecule has 0 radical (unpaired) electrons. The van der Waals surface area contributed by atoms with E-state index in [4.69, 9.17) is 9.47 Å². The van der Waals surface area contributed by atoms with Crippen LogP contribution in [-0.4, -0.2) is 40.0 Å². The number of methoxy groups -OCH3 is 1. The summed E-state index contributed by atoms with van der Waals surface area (Å²) in [6.07, 6.45) is -0.0132. The minimum atomic E-state index is -0.917. The Kier molecular flexibility index (Phi) is 7.10. The number of aliphatic hydroxyl groups excluding tert-OH is 1. The second-order valence-electron chi connectivity index (χ2n) is 10.6. The van der Waals surface area contributed by atoms with Crippen molar-refractivity contribution in [2.75, 3.05) is 12.0 Å². The number of H-pyrrole nitrogens is 1. The second kappa shape index (κ2) is 10.5. The minimum Gasteiger partial charge on any atom is -0.507 e. The van der Waals surface area contributed by atoms with Gasteiger partial charge in [-0.2, -0.15) is 0 Å². The van der Waals surface area contributed by atoms with E-state index in [0.717, 1.165) is 16.6 Å². The lowest BCUT2D eigenvalue weighted by molar-refractivity contribution is -0.132. The maximum atomic E-state index is 13.6. The third kappa shape index (κ3) is 4.81. The summed E-state index contributed by atoms with van der Waals surface area (Å²) in [5, 5.41) is 11.6. The van der Waals surface area contributed by atoms with Gasteiger partial charge in [0.15, 0.2) is 0 Å². The lowest BCUT2D eigenvalue weighted by atomic mass is 9.93. The van der Waals surface area contributed by atoms with E-state index in [1.54, 1.807) is 49.6 Å². The number of hydrogen-bond donors (Lipinski definition) is 2. The Morgan fingerprint density at radius 1 is 1.00 bits per heavy atom. The fourth-order valence-electron chi connectivity index (χ4n) is 5.08. The molecule has 0 saturated carbocycles. The molecule has 1 unspecified atom stereocenters. The van der Waals surface area contributed by atoms with Crippen molar-refractivity contribution in [3.8, 4) is 11.5 Å². The van der Waals surface area contributed by atoms with Gasteiger partial charge in [0.25, 0.3) is 5.78 Å². The van der Waals surface area contributed by atoms with Crippen LogP contribution in [-0.2, 0) is 9.59 Å². The van der Waals surface area contributed by atoms with Crippen LogP contribution in [0.2, 0.25) is 0 Å². The fourth-order valence-corrected chi connectivity index (χ4v) is 5.08. The smallest absolute Gasteiger partial charge is 0.302 e. The van der Waals surface area contributed by atoms with Crippen LogP contribution in [0.3, 0.4) is 0 Å². The first-order chi connectivity index (χ1) is 19.1. The topological polar surface area (TPSA) is 105 Å². The summed E-state index contributed by atoms with van der Waals surface area (Å²) in [6.45, 7) is 9.88. The number of Topliss-reactive ketones (excluding diaryl/α,β-unsaturated/α-hetero) is 1. The quantitative estimate of drug-likeness (QED) is 0.160. The number of benzene rings is 3. The Hall–Kier alpha value is -4.59. The van der Waals surface area contributed by atoms with Crippen molar-refractivity contribution in [3.63, 3.8) is 0 Å². The molecule has 0 bridgehead atoms. The number of hydrogen-bond acceptors (Lipinski definition) is 6. The van der Waals surface area contributed by atoms with Crippen LogP contribution in [0, 0.1) is 6.92 Å². The van der Waals surface area contributed by atoms with Crippen LogP contribution in [0.15, 0.2) is 66.2 Å². The maximum Gasteiger partial charge on any atom is 0.302 e. The lowest BCUT2D eigenvalue weighted by Gasteiger charge is -2.23. The molecule has 8 heteroatoms. The number of nitrogens with one attached hydrogen (secondary N) is 1. The first kappa shape index (κ1) is 27.0. The summed E-state index contributed by atoms with van der Waals surface area (Å²) in [5.74, 6) is -0.148. The molecule has 2 N–H and O–H groups in total. The number of anilines is 1. The molecule has 2 heterocycles. The number of imidazole rings is 1. The highest BCUT2D eigenvalue weighted by Gasteiger charge is 2.48. The Morgan fingerprint density at radius 3 is 2.38 bits per heavy atom. The third-order valence-corrected chi connectivity index (χ3v) is 6.99. The van der Waals surface area contributed by atoms with Gasteiger partial charge < -0.3 is 19.6 Å². The maximum absolute atomic E-state index is 13.6. The van der Waals surface area contributed by atoms with Gasteiger partial charge in [0.1, 0.15) is 17.3 Å². The van der Waals surface area contributed by atoms with E-state index in [1.807, 2.05) is 52.8 Å². The standard InChI is InChI=1S/C32H33N3O5/c1-17(2)23-16-21(10-14-26(23)39-6)29(36)27-28(20-8-11-22(12-9-20)40-18(3)4)35(31(38)30(27)37)32-33-24-13-7-19(5)15-25(24)34-32/h7-18,28,36H,1-6H3,(H,33,34)/b29-27+. The highest BCUT2D eigenvalue weighted by atomic mass is 16.5. The molecule has 1 fully saturated rings. The number of nitrogens with zero attached hydrogens (tertiary/aromatic N) is 2. The molecule has 0 spiro atoms. The molecule has 0 aliphatic carbocycles. The molecule has 1 saturated heterocycles. The van der Waals surface area contributed by atoms with Gasteiger partial charge in [-0.15, -0.1) is 0 Å². The van der Waals surface area contributed by atoms with Crippen molar-refractivity contribution < 1.29 is 24.2 Å². The molecule has 5 rings (SSSR count). The van der Waals surface area contributed by atoms with E-state index in [-0.39, 0.29) is 29.3 Å². The SMILES string of the molecule is COc1ccc(/C(O)=C2\C(=O)C(=O)N(c3nc4ccc(C)cc4[nH]3)C2c2ccc(OC(C)C)cc2)cc1C(C)C. The van der Waals surface area contributed by atoms with Gasteiger partial charge in [-0.3, -0.25) is 14.5 Å². The van der Waals surface area contributed by atoms with Gasteiger partial charge in [-0.05, 0) is 85.8 Å². The molecule has 1 atom stereocenters. The number of aromatic nitrogens is 2. The number of carbonyl (C=O) groups is 2. The predicted molar refractivity (Wildman–Crippen MR) is 155 cm³/mol. The van der Waals surface area contributed by atoms with Crippen molar-refractivity contribution >= 4 is 34.4 Å². The van der Waals surface area contributed by atoms with Crippen LogP contribution in [0.25, 0.3) is 16.8 Å². The molecule has 4 aromatic rings. The highest BCUT2D eigenvalue weighted by molar-refractivity contribution is 6.51. The first-order valence-electron chi connectivity index (χ1n) is 13.3. The third-order valence-electron chi connectivity index (χ3n) is 6.99. The molecule has 40 heavy (non-hydrogen) atoms. The van der Waals surface area contributed by atoms with Crippen molar-refractivity contribution in [3.05, 3.63) is 88.5 Å². The van der Waals surface area contributed by atoms with Gasteiger partial charge in [0.2, 0.25) is 5.95 Å². The largest absolute Gasteiger partial charge is 0.507 e. The lowest BCUT2D eigenvalue weighted by Crippen LogP contribution is -2.30.